The van der Waals surface area contributed by atoms with Crippen LogP contribution in [0.25, 0.3) is 11.3 Å². The molecule has 0 bridgehead atoms. The number of aromatic nitrogens is 1. The van der Waals surface area contributed by atoms with Gasteiger partial charge in [-0.2, -0.15) is 0 Å². The average Bonchev–Trinajstić information content (AvgIpc) is 2.90. The van der Waals surface area contributed by atoms with E-state index in [-0.39, 0.29) is 5.56 Å². The standard InChI is InChI=1S/C17H13FN2O3S/c1-9-15(10-5-6-14(21)13(18)8-10)20-17(24-9)19-12-4-2-3-11(7-12)16(22)23/h2-8,21H,1H3,(H,19,20)(H,22,23). The Hall–Kier alpha value is -2.93. The maximum atomic E-state index is 13.5. The highest BCUT2D eigenvalue weighted by Crippen LogP contribution is 2.33. The SMILES string of the molecule is Cc1sc(Nc2cccc(C(=O)O)c2)nc1-c1ccc(O)c(F)c1. The van der Waals surface area contributed by atoms with Gasteiger partial charge in [0.1, 0.15) is 0 Å². The van der Waals surface area contributed by atoms with Gasteiger partial charge in [0.15, 0.2) is 16.7 Å². The number of halogens is 1. The molecular weight excluding hydrogens is 331 g/mol. The van der Waals surface area contributed by atoms with Gasteiger partial charge in [-0.3, -0.25) is 0 Å². The summed E-state index contributed by atoms with van der Waals surface area (Å²) in [6.07, 6.45) is 0. The molecule has 122 valence electrons. The Kier molecular flexibility index (Phi) is 4.18. The topological polar surface area (TPSA) is 82.5 Å². The van der Waals surface area contributed by atoms with Crippen molar-refractivity contribution in [2.45, 2.75) is 6.92 Å². The van der Waals surface area contributed by atoms with Gasteiger partial charge in [0.25, 0.3) is 0 Å². The van der Waals surface area contributed by atoms with Crippen LogP contribution in [0.3, 0.4) is 0 Å². The zero-order valence-corrected chi connectivity index (χ0v) is 13.4. The molecule has 24 heavy (non-hydrogen) atoms. The van der Waals surface area contributed by atoms with E-state index in [1.807, 2.05) is 6.92 Å². The van der Waals surface area contributed by atoms with Crippen LogP contribution in [0.5, 0.6) is 5.75 Å². The Morgan fingerprint density at radius 1 is 1.25 bits per heavy atom. The summed E-state index contributed by atoms with van der Waals surface area (Å²) < 4.78 is 13.5. The zero-order chi connectivity index (χ0) is 17.3. The Balaban J connectivity index is 1.90. The van der Waals surface area contributed by atoms with Crippen molar-refractivity contribution in [1.29, 1.82) is 0 Å². The number of anilines is 2. The van der Waals surface area contributed by atoms with Gasteiger partial charge in [0.05, 0.1) is 11.3 Å². The summed E-state index contributed by atoms with van der Waals surface area (Å²) in [7, 11) is 0. The van der Waals surface area contributed by atoms with Crippen molar-refractivity contribution in [2.75, 3.05) is 5.32 Å². The molecule has 0 spiro atoms. The molecule has 1 heterocycles. The second-order valence-electron chi connectivity index (χ2n) is 5.10. The van der Waals surface area contributed by atoms with Gasteiger partial charge in [-0.1, -0.05) is 6.07 Å². The molecule has 1 aromatic heterocycles. The van der Waals surface area contributed by atoms with Crippen molar-refractivity contribution in [3.05, 3.63) is 58.7 Å². The van der Waals surface area contributed by atoms with E-state index < -0.39 is 17.5 Å². The molecule has 0 aliphatic heterocycles. The molecule has 3 N–H and O–H groups in total. The molecule has 0 radical (unpaired) electrons. The Morgan fingerprint density at radius 3 is 2.75 bits per heavy atom. The second-order valence-corrected chi connectivity index (χ2v) is 6.30. The molecule has 0 saturated heterocycles. The van der Waals surface area contributed by atoms with Crippen molar-refractivity contribution in [3.63, 3.8) is 0 Å². The molecule has 3 aromatic rings. The van der Waals surface area contributed by atoms with Crippen molar-refractivity contribution in [2.24, 2.45) is 0 Å². The fourth-order valence-corrected chi connectivity index (χ4v) is 3.08. The van der Waals surface area contributed by atoms with Crippen molar-refractivity contribution in [3.8, 4) is 17.0 Å². The number of nitrogens with one attached hydrogen (secondary N) is 1. The number of carboxylic acids is 1. The molecule has 0 saturated carbocycles. The Bertz CT molecular complexity index is 924. The number of hydrogen-bond acceptors (Lipinski definition) is 5. The summed E-state index contributed by atoms with van der Waals surface area (Å²) in [5.74, 6) is -2.12. The summed E-state index contributed by atoms with van der Waals surface area (Å²) in [4.78, 5) is 16.3. The first kappa shape index (κ1) is 15.9. The third kappa shape index (κ3) is 3.21. The fraction of sp³-hybridized carbons (Fsp3) is 0.0588. The number of thiazole rings is 1. The number of phenolic OH excluding ortho intramolecular Hbond substituents is 1. The molecular formula is C17H13FN2O3S. The normalized spacial score (nSPS) is 10.6. The molecule has 0 fully saturated rings. The van der Waals surface area contributed by atoms with E-state index in [4.69, 9.17) is 5.11 Å². The van der Waals surface area contributed by atoms with Gasteiger partial charge in [-0.15, -0.1) is 11.3 Å². The average molecular weight is 344 g/mol. The lowest BCUT2D eigenvalue weighted by molar-refractivity contribution is 0.0697. The molecule has 2 aromatic carbocycles. The van der Waals surface area contributed by atoms with E-state index in [0.29, 0.717) is 22.1 Å². The van der Waals surface area contributed by atoms with Crippen LogP contribution in [-0.4, -0.2) is 21.2 Å². The fourth-order valence-electron chi connectivity index (χ4n) is 2.23. The van der Waals surface area contributed by atoms with Crippen molar-refractivity contribution in [1.82, 2.24) is 4.98 Å². The highest BCUT2D eigenvalue weighted by atomic mass is 32.1. The van der Waals surface area contributed by atoms with Crippen LogP contribution >= 0.6 is 11.3 Å². The number of phenols is 1. The van der Waals surface area contributed by atoms with E-state index in [2.05, 4.69) is 10.3 Å². The van der Waals surface area contributed by atoms with Crippen LogP contribution in [0.15, 0.2) is 42.5 Å². The van der Waals surface area contributed by atoms with Crippen molar-refractivity contribution >= 4 is 28.1 Å². The van der Waals surface area contributed by atoms with Crippen LogP contribution in [0.1, 0.15) is 15.2 Å². The first-order chi connectivity index (χ1) is 11.4. The maximum absolute atomic E-state index is 13.5. The number of carboxylic acid groups (broad SMARTS) is 1. The van der Waals surface area contributed by atoms with E-state index in [1.165, 1.54) is 35.6 Å². The van der Waals surface area contributed by atoms with Crippen LogP contribution < -0.4 is 5.32 Å². The van der Waals surface area contributed by atoms with Crippen molar-refractivity contribution < 1.29 is 19.4 Å². The van der Waals surface area contributed by atoms with E-state index in [9.17, 15) is 14.3 Å². The summed E-state index contributed by atoms with van der Waals surface area (Å²) in [5, 5.41) is 21.9. The minimum atomic E-state index is -1.01. The predicted molar refractivity (Wildman–Crippen MR) is 90.6 cm³/mol. The van der Waals surface area contributed by atoms with Crippen LogP contribution in [0.4, 0.5) is 15.2 Å². The Labute approximate surface area is 141 Å². The monoisotopic (exact) mass is 344 g/mol. The lowest BCUT2D eigenvalue weighted by atomic mass is 10.1. The first-order valence-electron chi connectivity index (χ1n) is 7.01. The third-order valence-electron chi connectivity index (χ3n) is 3.38. The second kappa shape index (κ2) is 6.29. The number of carbonyl (C=O) groups is 1. The minimum absolute atomic E-state index is 0.175. The van der Waals surface area contributed by atoms with Gasteiger partial charge in [0.2, 0.25) is 0 Å². The van der Waals surface area contributed by atoms with Gasteiger partial charge < -0.3 is 15.5 Å². The highest BCUT2D eigenvalue weighted by molar-refractivity contribution is 7.16. The number of hydrogen-bond donors (Lipinski definition) is 3. The Morgan fingerprint density at radius 2 is 2.04 bits per heavy atom. The quantitative estimate of drug-likeness (QED) is 0.653. The number of benzene rings is 2. The minimum Gasteiger partial charge on any atom is -0.505 e. The molecule has 7 heteroatoms. The molecule has 0 unspecified atom stereocenters. The molecule has 0 atom stereocenters. The summed E-state index contributed by atoms with van der Waals surface area (Å²) in [6.45, 7) is 1.86. The first-order valence-corrected chi connectivity index (χ1v) is 7.82. The molecule has 0 aliphatic carbocycles. The number of rotatable bonds is 4. The molecule has 0 aliphatic rings. The van der Waals surface area contributed by atoms with E-state index in [0.717, 1.165) is 4.88 Å². The van der Waals surface area contributed by atoms with Gasteiger partial charge in [0, 0.05) is 16.1 Å². The third-order valence-corrected chi connectivity index (χ3v) is 4.26. The molecule has 5 nitrogen and oxygen atoms in total. The summed E-state index contributed by atoms with van der Waals surface area (Å²) >= 11 is 1.37. The maximum Gasteiger partial charge on any atom is 0.335 e. The zero-order valence-electron chi connectivity index (χ0n) is 12.6. The number of nitrogens with zero attached hydrogens (tertiary/aromatic N) is 1. The number of aryl methyl sites for hydroxylation is 1. The summed E-state index contributed by atoms with van der Waals surface area (Å²) in [6, 6.07) is 10.5. The summed E-state index contributed by atoms with van der Waals surface area (Å²) in [5.41, 5.74) is 1.95. The predicted octanol–water partition coefficient (Wildman–Crippen LogP) is 4.41. The molecule has 3 rings (SSSR count). The van der Waals surface area contributed by atoms with Crippen LogP contribution in [0.2, 0.25) is 0 Å². The van der Waals surface area contributed by atoms with Crippen LogP contribution in [-0.2, 0) is 0 Å². The number of aromatic hydroxyl groups is 1. The van der Waals surface area contributed by atoms with E-state index in [1.54, 1.807) is 18.2 Å². The van der Waals surface area contributed by atoms with Gasteiger partial charge >= 0.3 is 5.97 Å². The lowest BCUT2D eigenvalue weighted by Gasteiger charge is -2.03. The van der Waals surface area contributed by atoms with Gasteiger partial charge in [-0.05, 0) is 43.3 Å². The van der Waals surface area contributed by atoms with E-state index >= 15 is 0 Å². The number of aromatic carboxylic acids is 1. The highest BCUT2D eigenvalue weighted by Gasteiger charge is 2.13. The molecule has 0 amide bonds. The smallest absolute Gasteiger partial charge is 0.335 e. The largest absolute Gasteiger partial charge is 0.505 e. The van der Waals surface area contributed by atoms with Crippen LogP contribution in [0, 0.1) is 12.7 Å². The lowest BCUT2D eigenvalue weighted by Crippen LogP contribution is -1.97. The van der Waals surface area contributed by atoms with Gasteiger partial charge in [-0.25, -0.2) is 14.2 Å².